The minimum Gasteiger partial charge on any atom is -0.337 e. The fraction of sp³-hybridized carbons (Fsp3) is 0.500. The first-order chi connectivity index (χ1) is 7.18. The maximum Gasteiger partial charge on any atom is 0.265 e. The number of piperidine rings is 1. The molecular formula is C10H12N2O2S. The highest BCUT2D eigenvalue weighted by atomic mass is 32.1. The normalized spacial score (nSPS) is 21.8. The summed E-state index contributed by atoms with van der Waals surface area (Å²) < 4.78 is 0. The smallest absolute Gasteiger partial charge is 0.265 e. The van der Waals surface area contributed by atoms with Gasteiger partial charge in [0.2, 0.25) is 0 Å². The number of aromatic nitrogens is 1. The lowest BCUT2D eigenvalue weighted by molar-refractivity contribution is -0.124. The number of carbonyl (C=O) groups is 2. The van der Waals surface area contributed by atoms with E-state index in [4.69, 9.17) is 0 Å². The first-order valence-corrected chi connectivity index (χ1v) is 5.77. The van der Waals surface area contributed by atoms with E-state index in [1.165, 1.54) is 11.3 Å². The molecule has 4 nitrogen and oxygen atoms in total. The zero-order valence-electron chi connectivity index (χ0n) is 8.47. The van der Waals surface area contributed by atoms with Crippen LogP contribution < -0.4 is 0 Å². The average molecular weight is 224 g/mol. The second-order valence-electron chi connectivity index (χ2n) is 3.73. The maximum absolute atomic E-state index is 11.9. The summed E-state index contributed by atoms with van der Waals surface area (Å²) in [5, 5.41) is 0. The molecule has 0 spiro atoms. The third-order valence-electron chi connectivity index (χ3n) is 2.60. The number of nitrogens with zero attached hydrogens (tertiary/aromatic N) is 2. The molecule has 0 radical (unpaired) electrons. The SMILES string of the molecule is CC1CN(C(=O)c2cncs2)CCC1=O. The van der Waals surface area contributed by atoms with Gasteiger partial charge in [-0.05, 0) is 0 Å². The van der Waals surface area contributed by atoms with E-state index >= 15 is 0 Å². The minimum atomic E-state index is -0.0318. The summed E-state index contributed by atoms with van der Waals surface area (Å²) in [4.78, 5) is 29.5. The topological polar surface area (TPSA) is 50.3 Å². The number of ketones is 1. The number of Topliss-reactive ketones (excluding diaryl/α,β-unsaturated/α-hetero) is 1. The lowest BCUT2D eigenvalue weighted by atomic mass is 9.98. The molecule has 5 heteroatoms. The standard InChI is InChI=1S/C10H12N2O2S/c1-7-5-12(3-2-8(7)13)10(14)9-4-11-6-15-9/h4,6-7H,2-3,5H2,1H3. The van der Waals surface area contributed by atoms with Crippen LogP contribution in [-0.2, 0) is 4.79 Å². The third-order valence-corrected chi connectivity index (χ3v) is 3.36. The van der Waals surface area contributed by atoms with Gasteiger partial charge in [0, 0.05) is 25.4 Å². The zero-order chi connectivity index (χ0) is 10.8. The molecule has 0 saturated carbocycles. The molecule has 1 atom stereocenters. The quantitative estimate of drug-likeness (QED) is 0.720. The summed E-state index contributed by atoms with van der Waals surface area (Å²) >= 11 is 1.34. The van der Waals surface area contributed by atoms with Crippen LogP contribution in [0, 0.1) is 5.92 Å². The lowest BCUT2D eigenvalue weighted by Gasteiger charge is -2.29. The van der Waals surface area contributed by atoms with Gasteiger partial charge in [-0.2, -0.15) is 0 Å². The second-order valence-corrected chi connectivity index (χ2v) is 4.62. The molecule has 1 aromatic rings. The molecule has 0 aromatic carbocycles. The fourth-order valence-corrected chi connectivity index (χ4v) is 2.26. The van der Waals surface area contributed by atoms with Crippen molar-refractivity contribution in [2.75, 3.05) is 13.1 Å². The van der Waals surface area contributed by atoms with Gasteiger partial charge in [-0.15, -0.1) is 11.3 Å². The Morgan fingerprint density at radius 1 is 1.67 bits per heavy atom. The average Bonchev–Trinajstić information content (AvgIpc) is 2.74. The molecule has 1 amide bonds. The Morgan fingerprint density at radius 3 is 3.07 bits per heavy atom. The maximum atomic E-state index is 11.9. The molecule has 15 heavy (non-hydrogen) atoms. The van der Waals surface area contributed by atoms with Gasteiger partial charge < -0.3 is 4.90 Å². The Hall–Kier alpha value is -1.23. The molecule has 0 aliphatic carbocycles. The van der Waals surface area contributed by atoms with E-state index in [9.17, 15) is 9.59 Å². The van der Waals surface area contributed by atoms with E-state index in [0.29, 0.717) is 24.4 Å². The summed E-state index contributed by atoms with van der Waals surface area (Å²) in [7, 11) is 0. The van der Waals surface area contributed by atoms with Gasteiger partial charge in [-0.1, -0.05) is 6.92 Å². The van der Waals surface area contributed by atoms with Gasteiger partial charge in [0.1, 0.15) is 10.7 Å². The molecule has 1 aliphatic rings. The number of rotatable bonds is 1. The van der Waals surface area contributed by atoms with E-state index in [1.54, 1.807) is 16.6 Å². The van der Waals surface area contributed by atoms with Crippen molar-refractivity contribution >= 4 is 23.0 Å². The van der Waals surface area contributed by atoms with Gasteiger partial charge in [0.15, 0.2) is 0 Å². The highest BCUT2D eigenvalue weighted by molar-refractivity contribution is 7.11. The van der Waals surface area contributed by atoms with Gasteiger partial charge in [0.25, 0.3) is 5.91 Å². The van der Waals surface area contributed by atoms with Crippen molar-refractivity contribution in [1.82, 2.24) is 9.88 Å². The van der Waals surface area contributed by atoms with Crippen LogP contribution in [0.25, 0.3) is 0 Å². The van der Waals surface area contributed by atoms with Gasteiger partial charge in [0.05, 0.1) is 11.7 Å². The summed E-state index contributed by atoms with van der Waals surface area (Å²) in [6.45, 7) is 2.95. The Bertz CT molecular complexity index is 375. The van der Waals surface area contributed by atoms with Crippen LogP contribution in [0.15, 0.2) is 11.7 Å². The monoisotopic (exact) mass is 224 g/mol. The largest absolute Gasteiger partial charge is 0.337 e. The predicted octanol–water partition coefficient (Wildman–Crippen LogP) is 1.19. The van der Waals surface area contributed by atoms with Crippen LogP contribution in [0.4, 0.5) is 0 Å². The summed E-state index contributed by atoms with van der Waals surface area (Å²) in [5.41, 5.74) is 1.64. The van der Waals surface area contributed by atoms with E-state index in [1.807, 2.05) is 6.92 Å². The Labute approximate surface area is 91.9 Å². The fourth-order valence-electron chi connectivity index (χ4n) is 1.68. The highest BCUT2D eigenvalue weighted by Crippen LogP contribution is 2.16. The molecular weight excluding hydrogens is 212 g/mol. The van der Waals surface area contributed by atoms with Crippen LogP contribution in [0.3, 0.4) is 0 Å². The second kappa shape index (κ2) is 4.10. The molecule has 2 heterocycles. The van der Waals surface area contributed by atoms with Crippen molar-refractivity contribution < 1.29 is 9.59 Å². The van der Waals surface area contributed by atoms with Crippen molar-refractivity contribution in [1.29, 1.82) is 0 Å². The number of thiazole rings is 1. The predicted molar refractivity (Wildman–Crippen MR) is 56.8 cm³/mol. The molecule has 1 unspecified atom stereocenters. The number of likely N-dealkylation sites (tertiary alicyclic amines) is 1. The lowest BCUT2D eigenvalue weighted by Crippen LogP contribution is -2.42. The first-order valence-electron chi connectivity index (χ1n) is 4.89. The van der Waals surface area contributed by atoms with Crippen LogP contribution in [0.1, 0.15) is 23.0 Å². The van der Waals surface area contributed by atoms with Crippen LogP contribution in [0.2, 0.25) is 0 Å². The third kappa shape index (κ3) is 2.07. The Morgan fingerprint density at radius 2 is 2.47 bits per heavy atom. The highest BCUT2D eigenvalue weighted by Gasteiger charge is 2.27. The molecule has 1 aliphatic heterocycles. The van der Waals surface area contributed by atoms with Crippen molar-refractivity contribution in [3.8, 4) is 0 Å². The van der Waals surface area contributed by atoms with Gasteiger partial charge >= 0.3 is 0 Å². The van der Waals surface area contributed by atoms with Crippen molar-refractivity contribution in [3.63, 3.8) is 0 Å². The summed E-state index contributed by atoms with van der Waals surface area (Å²) in [5.74, 6) is 0.218. The van der Waals surface area contributed by atoms with E-state index < -0.39 is 0 Å². The molecule has 80 valence electrons. The summed E-state index contributed by atoms with van der Waals surface area (Å²) in [6.07, 6.45) is 2.06. The van der Waals surface area contributed by atoms with E-state index in [-0.39, 0.29) is 17.6 Å². The molecule has 1 saturated heterocycles. The van der Waals surface area contributed by atoms with Crippen LogP contribution in [-0.4, -0.2) is 34.7 Å². The zero-order valence-corrected chi connectivity index (χ0v) is 9.29. The number of hydrogen-bond acceptors (Lipinski definition) is 4. The molecule has 2 rings (SSSR count). The van der Waals surface area contributed by atoms with Crippen molar-refractivity contribution in [2.24, 2.45) is 5.92 Å². The van der Waals surface area contributed by atoms with Crippen LogP contribution in [0.5, 0.6) is 0 Å². The molecule has 1 aromatic heterocycles. The summed E-state index contributed by atoms with van der Waals surface area (Å²) in [6, 6.07) is 0. The Balaban J connectivity index is 2.06. The van der Waals surface area contributed by atoms with E-state index in [2.05, 4.69) is 4.98 Å². The number of hydrogen-bond donors (Lipinski definition) is 0. The Kier molecular flexibility index (Phi) is 2.81. The molecule has 1 fully saturated rings. The molecule has 0 N–H and O–H groups in total. The van der Waals surface area contributed by atoms with Crippen molar-refractivity contribution in [3.05, 3.63) is 16.6 Å². The van der Waals surface area contributed by atoms with Gasteiger partial charge in [-0.25, -0.2) is 0 Å². The number of amides is 1. The minimum absolute atomic E-state index is 0.00292. The van der Waals surface area contributed by atoms with Crippen molar-refractivity contribution in [2.45, 2.75) is 13.3 Å². The van der Waals surface area contributed by atoms with Gasteiger partial charge in [-0.3, -0.25) is 14.6 Å². The first kappa shape index (κ1) is 10.3. The van der Waals surface area contributed by atoms with Crippen LogP contribution >= 0.6 is 11.3 Å². The number of carbonyl (C=O) groups excluding carboxylic acids is 2. The van der Waals surface area contributed by atoms with E-state index in [0.717, 1.165) is 0 Å². The molecule has 0 bridgehead atoms.